The first-order valence-electron chi connectivity index (χ1n) is 7.26. The van der Waals surface area contributed by atoms with Crippen LogP contribution in [0.1, 0.15) is 26.2 Å². The highest BCUT2D eigenvalue weighted by Gasteiger charge is 2.07. The van der Waals surface area contributed by atoms with Crippen molar-refractivity contribution in [2.45, 2.75) is 32.7 Å². The summed E-state index contributed by atoms with van der Waals surface area (Å²) >= 11 is 3.34. The SMILES string of the molecule is CCCn1ncc(NCCCCOCCOC)c(Br)c1=O. The van der Waals surface area contributed by atoms with Crippen LogP contribution < -0.4 is 10.9 Å². The van der Waals surface area contributed by atoms with Gasteiger partial charge in [-0.1, -0.05) is 6.92 Å². The lowest BCUT2D eigenvalue weighted by atomic mass is 10.3. The van der Waals surface area contributed by atoms with Crippen molar-refractivity contribution in [2.75, 3.05) is 38.8 Å². The molecule has 0 atom stereocenters. The first-order chi connectivity index (χ1) is 10.2. The van der Waals surface area contributed by atoms with Crippen LogP contribution in [0.4, 0.5) is 5.69 Å². The molecule has 0 aliphatic heterocycles. The number of hydrogen-bond donors (Lipinski definition) is 1. The third-order valence-electron chi connectivity index (χ3n) is 2.88. The summed E-state index contributed by atoms with van der Waals surface area (Å²) in [4.78, 5) is 12.0. The van der Waals surface area contributed by atoms with Gasteiger partial charge in [-0.3, -0.25) is 4.79 Å². The van der Waals surface area contributed by atoms with Gasteiger partial charge >= 0.3 is 0 Å². The number of aromatic nitrogens is 2. The number of aryl methyl sites for hydroxylation is 1. The van der Waals surface area contributed by atoms with Crippen molar-refractivity contribution in [3.63, 3.8) is 0 Å². The number of unbranched alkanes of at least 4 members (excludes halogenated alkanes) is 1. The van der Waals surface area contributed by atoms with Gasteiger partial charge in [0.25, 0.3) is 5.56 Å². The molecule has 0 saturated carbocycles. The van der Waals surface area contributed by atoms with Crippen LogP contribution in [0.2, 0.25) is 0 Å². The van der Waals surface area contributed by atoms with Crippen LogP contribution in [0.15, 0.2) is 15.5 Å². The van der Waals surface area contributed by atoms with Crippen LogP contribution in [0.3, 0.4) is 0 Å². The second kappa shape index (κ2) is 10.8. The Kier molecular flexibility index (Phi) is 9.29. The van der Waals surface area contributed by atoms with Crippen molar-refractivity contribution in [1.82, 2.24) is 9.78 Å². The van der Waals surface area contributed by atoms with E-state index >= 15 is 0 Å². The number of nitrogens with zero attached hydrogens (tertiary/aromatic N) is 2. The van der Waals surface area contributed by atoms with E-state index in [2.05, 4.69) is 26.3 Å². The fourth-order valence-electron chi connectivity index (χ4n) is 1.76. The lowest BCUT2D eigenvalue weighted by molar-refractivity contribution is 0.0691. The topological polar surface area (TPSA) is 65.4 Å². The first kappa shape index (κ1) is 18.1. The van der Waals surface area contributed by atoms with Gasteiger partial charge in [0.15, 0.2) is 0 Å². The molecular weight excluding hydrogens is 338 g/mol. The number of nitrogens with one attached hydrogen (secondary N) is 1. The quantitative estimate of drug-likeness (QED) is 0.612. The Morgan fingerprint density at radius 2 is 2.14 bits per heavy atom. The van der Waals surface area contributed by atoms with Gasteiger partial charge in [-0.25, -0.2) is 4.68 Å². The average molecular weight is 362 g/mol. The molecule has 120 valence electrons. The third-order valence-corrected chi connectivity index (χ3v) is 3.65. The van der Waals surface area contributed by atoms with E-state index in [1.54, 1.807) is 13.3 Å². The summed E-state index contributed by atoms with van der Waals surface area (Å²) in [7, 11) is 1.66. The van der Waals surface area contributed by atoms with E-state index in [1.165, 1.54) is 4.68 Å². The van der Waals surface area contributed by atoms with Gasteiger partial charge in [0.05, 0.1) is 25.1 Å². The smallest absolute Gasteiger partial charge is 0.283 e. The maximum Gasteiger partial charge on any atom is 0.283 e. The zero-order chi connectivity index (χ0) is 15.5. The molecule has 21 heavy (non-hydrogen) atoms. The van der Waals surface area contributed by atoms with Gasteiger partial charge < -0.3 is 14.8 Å². The van der Waals surface area contributed by atoms with Crippen LogP contribution in [0.5, 0.6) is 0 Å². The van der Waals surface area contributed by atoms with Crippen molar-refractivity contribution < 1.29 is 9.47 Å². The van der Waals surface area contributed by atoms with Gasteiger partial charge in [-0.05, 0) is 35.2 Å². The normalized spacial score (nSPS) is 10.8. The highest BCUT2D eigenvalue weighted by molar-refractivity contribution is 9.10. The molecule has 0 saturated heterocycles. The molecule has 0 radical (unpaired) electrons. The Balaban J connectivity index is 2.29. The predicted octanol–water partition coefficient (Wildman–Crippen LogP) is 2.27. The number of methoxy groups -OCH3 is 1. The standard InChI is InChI=1S/C14H24BrN3O3/c1-3-7-18-14(19)13(15)12(11-17-18)16-6-4-5-8-21-10-9-20-2/h11,16H,3-10H2,1-2H3. The highest BCUT2D eigenvalue weighted by atomic mass is 79.9. The van der Waals surface area contributed by atoms with E-state index in [4.69, 9.17) is 9.47 Å². The van der Waals surface area contributed by atoms with E-state index < -0.39 is 0 Å². The van der Waals surface area contributed by atoms with E-state index in [9.17, 15) is 4.79 Å². The van der Waals surface area contributed by atoms with E-state index in [0.717, 1.165) is 38.1 Å². The lowest BCUT2D eigenvalue weighted by Crippen LogP contribution is -2.24. The summed E-state index contributed by atoms with van der Waals surface area (Å²) in [6, 6.07) is 0. The van der Waals surface area contributed by atoms with Crippen molar-refractivity contribution in [3.05, 3.63) is 21.0 Å². The largest absolute Gasteiger partial charge is 0.383 e. The second-order valence-electron chi connectivity index (χ2n) is 4.64. The predicted molar refractivity (Wildman–Crippen MR) is 86.9 cm³/mol. The number of halogens is 1. The molecule has 1 N–H and O–H groups in total. The highest BCUT2D eigenvalue weighted by Crippen LogP contribution is 2.16. The summed E-state index contributed by atoms with van der Waals surface area (Å²) in [5, 5.41) is 7.37. The Labute approximate surface area is 134 Å². The van der Waals surface area contributed by atoms with Crippen molar-refractivity contribution >= 4 is 21.6 Å². The molecule has 0 spiro atoms. The molecule has 0 aliphatic carbocycles. The molecule has 0 unspecified atom stereocenters. The molecule has 0 amide bonds. The lowest BCUT2D eigenvalue weighted by Gasteiger charge is -2.10. The monoisotopic (exact) mass is 361 g/mol. The summed E-state index contributed by atoms with van der Waals surface area (Å²) in [6.45, 7) is 5.42. The summed E-state index contributed by atoms with van der Waals surface area (Å²) < 4.78 is 12.3. The maximum absolute atomic E-state index is 12.0. The second-order valence-corrected chi connectivity index (χ2v) is 5.43. The number of ether oxygens (including phenoxy) is 2. The van der Waals surface area contributed by atoms with Gasteiger partial charge in [0.1, 0.15) is 4.47 Å². The van der Waals surface area contributed by atoms with Crippen LogP contribution in [-0.2, 0) is 16.0 Å². The Morgan fingerprint density at radius 3 is 2.86 bits per heavy atom. The molecule has 7 heteroatoms. The first-order valence-corrected chi connectivity index (χ1v) is 8.06. The van der Waals surface area contributed by atoms with Crippen LogP contribution >= 0.6 is 15.9 Å². The van der Waals surface area contributed by atoms with Crippen LogP contribution in [-0.4, -0.2) is 43.3 Å². The summed E-state index contributed by atoms with van der Waals surface area (Å²) in [5.74, 6) is 0. The van der Waals surface area contributed by atoms with Crippen LogP contribution in [0.25, 0.3) is 0 Å². The van der Waals surface area contributed by atoms with Gasteiger partial charge in [0, 0.05) is 26.8 Å². The molecule has 0 aliphatic rings. The number of hydrogen-bond acceptors (Lipinski definition) is 5. The van der Waals surface area contributed by atoms with Gasteiger partial charge in [-0.2, -0.15) is 5.10 Å². The molecule has 1 heterocycles. The van der Waals surface area contributed by atoms with Crippen LogP contribution in [0, 0.1) is 0 Å². The van der Waals surface area contributed by atoms with Gasteiger partial charge in [-0.15, -0.1) is 0 Å². The van der Waals surface area contributed by atoms with Crippen molar-refractivity contribution in [2.24, 2.45) is 0 Å². The van der Waals surface area contributed by atoms with Crippen molar-refractivity contribution in [1.29, 1.82) is 0 Å². The third kappa shape index (κ3) is 6.58. The van der Waals surface area contributed by atoms with E-state index in [1.807, 2.05) is 6.92 Å². The average Bonchev–Trinajstić information content (AvgIpc) is 2.49. The van der Waals surface area contributed by atoms with E-state index in [0.29, 0.717) is 24.2 Å². The molecule has 0 bridgehead atoms. The minimum absolute atomic E-state index is 0.0928. The molecule has 1 aromatic rings. The molecule has 6 nitrogen and oxygen atoms in total. The number of anilines is 1. The summed E-state index contributed by atoms with van der Waals surface area (Å²) in [6.07, 6.45) is 4.51. The minimum atomic E-state index is -0.0928. The molecule has 1 aromatic heterocycles. The number of rotatable bonds is 11. The maximum atomic E-state index is 12.0. The zero-order valence-corrected chi connectivity index (χ0v) is 14.3. The Bertz CT molecular complexity index is 465. The fraction of sp³-hybridized carbons (Fsp3) is 0.714. The Hall–Kier alpha value is -0.920. The molecular formula is C14H24BrN3O3. The van der Waals surface area contributed by atoms with Gasteiger partial charge in [0.2, 0.25) is 0 Å². The van der Waals surface area contributed by atoms with E-state index in [-0.39, 0.29) is 5.56 Å². The minimum Gasteiger partial charge on any atom is -0.383 e. The van der Waals surface area contributed by atoms with Crippen molar-refractivity contribution in [3.8, 4) is 0 Å². The fourth-order valence-corrected chi connectivity index (χ4v) is 2.20. The molecule has 0 aromatic carbocycles. The summed E-state index contributed by atoms with van der Waals surface area (Å²) in [5.41, 5.74) is 0.650. The molecule has 0 fully saturated rings. The Morgan fingerprint density at radius 1 is 1.33 bits per heavy atom. The molecule has 1 rings (SSSR count). The zero-order valence-electron chi connectivity index (χ0n) is 12.7.